The predicted octanol–water partition coefficient (Wildman–Crippen LogP) is 3.61. The van der Waals surface area contributed by atoms with E-state index in [9.17, 15) is 0 Å². The molecule has 1 atom stereocenters. The first-order valence-corrected chi connectivity index (χ1v) is 6.51. The Labute approximate surface area is 107 Å². The molecule has 0 spiro atoms. The lowest BCUT2D eigenvalue weighted by Gasteiger charge is -2.15. The van der Waals surface area contributed by atoms with Gasteiger partial charge in [-0.1, -0.05) is 25.2 Å². The zero-order valence-electron chi connectivity index (χ0n) is 10.2. The third kappa shape index (κ3) is 5.16. The van der Waals surface area contributed by atoms with Crippen molar-refractivity contribution in [1.82, 2.24) is 0 Å². The fraction of sp³-hybridized carbons (Fsp3) is 0.692. The van der Waals surface area contributed by atoms with E-state index in [1.165, 1.54) is 6.42 Å². The van der Waals surface area contributed by atoms with Gasteiger partial charge in [0.15, 0.2) is 5.79 Å². The van der Waals surface area contributed by atoms with Crippen LogP contribution in [0, 0.1) is 11.8 Å². The quantitative estimate of drug-likeness (QED) is 0.583. The van der Waals surface area contributed by atoms with E-state index in [0.29, 0.717) is 6.61 Å². The minimum absolute atomic E-state index is 0.00449. The molecule has 0 radical (unpaired) electrons. The molecular weight excluding hydrogens is 268 g/mol. The monoisotopic (exact) mass is 286 g/mol. The maximum Gasteiger partial charge on any atom is 0.163 e. The Hall–Kier alpha value is -0.300. The van der Waals surface area contributed by atoms with E-state index in [1.54, 1.807) is 0 Å². The molecule has 0 unspecified atom stereocenters. The van der Waals surface area contributed by atoms with Crippen molar-refractivity contribution in [3.05, 3.63) is 10.6 Å². The van der Waals surface area contributed by atoms with Gasteiger partial charge in [-0.15, -0.1) is 0 Å². The van der Waals surface area contributed by atoms with E-state index in [-0.39, 0.29) is 6.10 Å². The Kier molecular flexibility index (Phi) is 5.54. The van der Waals surface area contributed by atoms with E-state index in [0.717, 1.165) is 17.3 Å². The number of hydrogen-bond donors (Lipinski definition) is 0. The van der Waals surface area contributed by atoms with Crippen molar-refractivity contribution in [2.45, 2.75) is 51.9 Å². The number of rotatable bonds is 3. The molecule has 1 saturated heterocycles. The summed E-state index contributed by atoms with van der Waals surface area (Å²) in [5.74, 6) is 5.71. The van der Waals surface area contributed by atoms with Gasteiger partial charge < -0.3 is 9.47 Å². The minimum Gasteiger partial charge on any atom is -0.347 e. The van der Waals surface area contributed by atoms with Crippen molar-refractivity contribution in [1.29, 1.82) is 0 Å². The predicted molar refractivity (Wildman–Crippen MR) is 69.2 cm³/mol. The van der Waals surface area contributed by atoms with Gasteiger partial charge in [0.1, 0.15) is 6.10 Å². The van der Waals surface area contributed by atoms with Crippen LogP contribution in [0.5, 0.6) is 0 Å². The molecule has 1 rings (SSSR count). The zero-order valence-corrected chi connectivity index (χ0v) is 11.8. The standard InChI is InChI=1S/C13H19BrO2/c1-4-5-6-7-8-11(14)9-12-10-15-13(2,3)16-12/h9,12H,4-6,10H2,1-3H3/b11-9-/t12-/m0/s1. The van der Waals surface area contributed by atoms with Crippen LogP contribution in [0.15, 0.2) is 10.6 Å². The van der Waals surface area contributed by atoms with Crippen LogP contribution in [-0.4, -0.2) is 18.5 Å². The number of ether oxygens (including phenoxy) is 2. The number of allylic oxidation sites excluding steroid dienone is 1. The van der Waals surface area contributed by atoms with Crippen LogP contribution in [0.1, 0.15) is 40.0 Å². The fourth-order valence-corrected chi connectivity index (χ4v) is 1.85. The first-order chi connectivity index (χ1) is 7.53. The molecule has 16 heavy (non-hydrogen) atoms. The van der Waals surface area contributed by atoms with E-state index in [1.807, 2.05) is 19.9 Å². The van der Waals surface area contributed by atoms with Gasteiger partial charge in [0.25, 0.3) is 0 Å². The molecule has 1 fully saturated rings. The van der Waals surface area contributed by atoms with Crippen LogP contribution in [0.4, 0.5) is 0 Å². The van der Waals surface area contributed by atoms with Crippen molar-refractivity contribution >= 4 is 15.9 Å². The molecule has 2 nitrogen and oxygen atoms in total. The molecule has 0 bridgehead atoms. The van der Waals surface area contributed by atoms with Crippen molar-refractivity contribution in [3.8, 4) is 11.8 Å². The number of unbranched alkanes of at least 4 members (excludes halogenated alkanes) is 2. The van der Waals surface area contributed by atoms with Gasteiger partial charge in [0.2, 0.25) is 0 Å². The maximum atomic E-state index is 5.65. The highest BCUT2D eigenvalue weighted by molar-refractivity contribution is 9.12. The Morgan fingerprint density at radius 1 is 1.56 bits per heavy atom. The van der Waals surface area contributed by atoms with Gasteiger partial charge in [-0.05, 0) is 42.3 Å². The highest BCUT2D eigenvalue weighted by atomic mass is 79.9. The zero-order chi connectivity index (χ0) is 12.0. The van der Waals surface area contributed by atoms with Crippen molar-refractivity contribution in [2.75, 3.05) is 6.61 Å². The first kappa shape index (κ1) is 13.8. The van der Waals surface area contributed by atoms with Crippen molar-refractivity contribution in [3.63, 3.8) is 0 Å². The van der Waals surface area contributed by atoms with Gasteiger partial charge in [-0.2, -0.15) is 0 Å². The molecule has 0 saturated carbocycles. The smallest absolute Gasteiger partial charge is 0.163 e. The molecule has 3 heteroatoms. The van der Waals surface area contributed by atoms with Crippen LogP contribution in [0.2, 0.25) is 0 Å². The molecule has 90 valence electrons. The van der Waals surface area contributed by atoms with Gasteiger partial charge >= 0.3 is 0 Å². The van der Waals surface area contributed by atoms with E-state index >= 15 is 0 Å². The van der Waals surface area contributed by atoms with Crippen LogP contribution in [0.3, 0.4) is 0 Å². The fourth-order valence-electron chi connectivity index (χ4n) is 1.41. The molecule has 0 amide bonds. The summed E-state index contributed by atoms with van der Waals surface area (Å²) in [5, 5.41) is 0. The molecule has 1 aliphatic rings. The van der Waals surface area contributed by atoms with Crippen molar-refractivity contribution < 1.29 is 9.47 Å². The SMILES string of the molecule is CCCCC#C/C(Br)=C/[C@H]1COC(C)(C)O1. The van der Waals surface area contributed by atoms with Crippen LogP contribution in [-0.2, 0) is 9.47 Å². The molecule has 0 aromatic carbocycles. The molecule has 0 aliphatic carbocycles. The first-order valence-electron chi connectivity index (χ1n) is 5.71. The van der Waals surface area contributed by atoms with E-state index in [4.69, 9.17) is 9.47 Å². The normalized spacial score (nSPS) is 24.0. The van der Waals surface area contributed by atoms with Crippen LogP contribution in [0.25, 0.3) is 0 Å². The third-order valence-corrected chi connectivity index (χ3v) is 2.69. The topological polar surface area (TPSA) is 18.5 Å². The van der Waals surface area contributed by atoms with Gasteiger partial charge in [-0.25, -0.2) is 0 Å². The summed E-state index contributed by atoms with van der Waals surface area (Å²) in [6.45, 7) is 6.60. The molecule has 0 aromatic rings. The molecule has 0 aromatic heterocycles. The highest BCUT2D eigenvalue weighted by Gasteiger charge is 2.31. The second-order valence-corrected chi connectivity index (χ2v) is 5.14. The molecular formula is C13H19BrO2. The van der Waals surface area contributed by atoms with E-state index < -0.39 is 5.79 Å². The summed E-state index contributed by atoms with van der Waals surface area (Å²) in [6, 6.07) is 0. The average Bonchev–Trinajstić information content (AvgIpc) is 2.53. The Morgan fingerprint density at radius 3 is 2.88 bits per heavy atom. The van der Waals surface area contributed by atoms with Gasteiger partial charge in [0.05, 0.1) is 11.1 Å². The van der Waals surface area contributed by atoms with Gasteiger partial charge in [-0.3, -0.25) is 0 Å². The lowest BCUT2D eigenvalue weighted by molar-refractivity contribution is -0.133. The third-order valence-electron chi connectivity index (χ3n) is 2.23. The second-order valence-electron chi connectivity index (χ2n) is 4.29. The number of hydrogen-bond acceptors (Lipinski definition) is 2. The Bertz CT molecular complexity index is 310. The largest absolute Gasteiger partial charge is 0.347 e. The Balaban J connectivity index is 2.41. The molecule has 1 aliphatic heterocycles. The second kappa shape index (κ2) is 6.44. The summed E-state index contributed by atoms with van der Waals surface area (Å²) >= 11 is 3.43. The summed E-state index contributed by atoms with van der Waals surface area (Å²) in [7, 11) is 0. The van der Waals surface area contributed by atoms with Gasteiger partial charge in [0, 0.05) is 6.42 Å². The molecule has 1 heterocycles. The molecule has 0 N–H and O–H groups in total. The Morgan fingerprint density at radius 2 is 2.31 bits per heavy atom. The summed E-state index contributed by atoms with van der Waals surface area (Å²) < 4.78 is 12.0. The minimum atomic E-state index is -0.468. The maximum absolute atomic E-state index is 5.65. The lowest BCUT2D eigenvalue weighted by Crippen LogP contribution is -2.20. The highest BCUT2D eigenvalue weighted by Crippen LogP contribution is 2.24. The summed E-state index contributed by atoms with van der Waals surface area (Å²) in [6.07, 6.45) is 5.26. The summed E-state index contributed by atoms with van der Waals surface area (Å²) in [5.41, 5.74) is 0. The number of halogens is 1. The lowest BCUT2D eigenvalue weighted by atomic mass is 10.2. The summed E-state index contributed by atoms with van der Waals surface area (Å²) in [4.78, 5) is 0. The van der Waals surface area contributed by atoms with Crippen LogP contribution >= 0.6 is 15.9 Å². The van der Waals surface area contributed by atoms with E-state index in [2.05, 4.69) is 34.7 Å². The van der Waals surface area contributed by atoms with Crippen molar-refractivity contribution in [2.24, 2.45) is 0 Å². The van der Waals surface area contributed by atoms with Crippen LogP contribution < -0.4 is 0 Å². The average molecular weight is 287 g/mol.